The lowest BCUT2D eigenvalue weighted by molar-refractivity contribution is -0.0238. The first-order valence-corrected chi connectivity index (χ1v) is 24.6. The van der Waals surface area contributed by atoms with Crippen molar-refractivity contribution in [2.24, 2.45) is 0 Å². The van der Waals surface area contributed by atoms with Crippen molar-refractivity contribution < 1.29 is 48.9 Å². The van der Waals surface area contributed by atoms with Gasteiger partial charge in [-0.05, 0) is 49.9 Å². The molecule has 408 valence electrons. The van der Waals surface area contributed by atoms with Crippen molar-refractivity contribution >= 4 is 79.2 Å². The Labute approximate surface area is 436 Å². The summed E-state index contributed by atoms with van der Waals surface area (Å²) in [6, 6.07) is -1.23. The van der Waals surface area contributed by atoms with Crippen LogP contribution in [0.15, 0.2) is 47.3 Å². The number of anilines is 2. The van der Waals surface area contributed by atoms with Crippen LogP contribution in [0.1, 0.15) is 76.2 Å². The van der Waals surface area contributed by atoms with Gasteiger partial charge >= 0.3 is 0 Å². The van der Waals surface area contributed by atoms with E-state index in [-0.39, 0.29) is 56.7 Å². The Morgan fingerprint density at radius 3 is 1.50 bits per heavy atom. The molecule has 0 amide bonds. The van der Waals surface area contributed by atoms with Crippen LogP contribution in [0.25, 0.3) is 44.4 Å². The minimum Gasteiger partial charge on any atom is -0.389 e. The molecule has 0 radical (unpaired) electrons. The van der Waals surface area contributed by atoms with E-state index in [4.69, 9.17) is 44.1 Å². The molecule has 4 aliphatic rings. The summed E-state index contributed by atoms with van der Waals surface area (Å²) in [4.78, 5) is 65.7. The summed E-state index contributed by atoms with van der Waals surface area (Å²) in [5, 5.41) is 65.3. The highest BCUT2D eigenvalue weighted by Gasteiger charge is 2.46. The number of ether oxygens (including phenoxy) is 2. The number of nitrogen functional groups attached to an aromatic ring is 2. The number of nitrogens with one attached hydrogen (secondary N) is 6. The number of rotatable bonds is 6. The van der Waals surface area contributed by atoms with Gasteiger partial charge in [0.05, 0.1) is 61.8 Å². The Morgan fingerprint density at radius 2 is 1.08 bits per heavy atom. The largest absolute Gasteiger partial charge is 0.389 e. The second kappa shape index (κ2) is 21.9. The number of nitrogens with two attached hydrogens (primary N) is 2. The molecular formula is C44H54Cl2F2N18O10. The second-order valence-electron chi connectivity index (χ2n) is 18.4. The van der Waals surface area contributed by atoms with E-state index in [0.717, 1.165) is 0 Å². The molecule has 4 saturated heterocycles. The van der Waals surface area contributed by atoms with Crippen LogP contribution in [0.3, 0.4) is 0 Å². The van der Waals surface area contributed by atoms with E-state index in [0.29, 0.717) is 57.1 Å². The number of imidazole rings is 2. The summed E-state index contributed by atoms with van der Waals surface area (Å²) in [7, 11) is 0. The van der Waals surface area contributed by atoms with Crippen LogP contribution in [0.5, 0.6) is 0 Å². The molecule has 8 aromatic heterocycles. The second-order valence-corrected chi connectivity index (χ2v) is 19.1. The number of aromatic amines is 4. The molecule has 0 spiro atoms. The number of aliphatic hydroxyl groups excluding tert-OH is 6. The number of hydrogen-bond donors (Lipinski definition) is 14. The number of H-pyrrole nitrogens is 4. The lowest BCUT2D eigenvalue weighted by Gasteiger charge is -2.15. The summed E-state index contributed by atoms with van der Waals surface area (Å²) in [6.45, 7) is 7.13. The number of halogens is 4. The molecule has 16 N–H and O–H groups in total. The van der Waals surface area contributed by atoms with Gasteiger partial charge in [0, 0.05) is 35.6 Å². The van der Waals surface area contributed by atoms with E-state index < -0.39 is 85.7 Å². The molecule has 28 nitrogen and oxygen atoms in total. The van der Waals surface area contributed by atoms with Gasteiger partial charge in [0.1, 0.15) is 57.5 Å². The fourth-order valence-corrected chi connectivity index (χ4v) is 9.98. The fraction of sp³-hybridized carbons (Fsp3) is 0.500. The summed E-state index contributed by atoms with van der Waals surface area (Å²) < 4.78 is 41.8. The van der Waals surface area contributed by atoms with Crippen molar-refractivity contribution in [3.05, 3.63) is 80.1 Å². The molecule has 4 aliphatic heterocycles. The van der Waals surface area contributed by atoms with Crippen LogP contribution < -0.4 is 33.2 Å². The fourth-order valence-electron chi connectivity index (χ4n) is 9.64. The number of nitrogens with zero attached hydrogens (tertiary/aromatic N) is 10. The Bertz CT molecular complexity index is 3470. The predicted octanol–water partition coefficient (Wildman–Crippen LogP) is 0.148. The lowest BCUT2D eigenvalue weighted by atomic mass is 10.0. The average molecular weight is 1100 g/mol. The van der Waals surface area contributed by atoms with Gasteiger partial charge in [-0.3, -0.25) is 18.7 Å². The summed E-state index contributed by atoms with van der Waals surface area (Å²) in [6.07, 6.45) is -2.37. The van der Waals surface area contributed by atoms with Crippen molar-refractivity contribution in [3.63, 3.8) is 0 Å². The van der Waals surface area contributed by atoms with Crippen molar-refractivity contribution in [1.29, 1.82) is 0 Å². The van der Waals surface area contributed by atoms with E-state index in [1.54, 1.807) is 26.2 Å². The first-order valence-electron chi connectivity index (χ1n) is 23.8. The zero-order valence-electron chi connectivity index (χ0n) is 40.6. The molecule has 0 aliphatic carbocycles. The maximum atomic E-state index is 14.2. The first kappa shape index (κ1) is 54.4. The SMILES string of the molecule is CC[C@H]1N[C@@H](c2c[nH]c3c(=O)[nH]cnc23)[C@H](O)[C@@H]1O.CC[C@H]1O[C@@H](n2cnc3c(N)nc(Cl)nc32)[C@@H](F)[C@@H]1O.C[C@H]1N[C@@H](c2c[nH]c3c(=O)[nH]cnc23)[C@H](O)[C@@H]1O.C[C@H]1O[C@@H](n2cnc3c(N)nc(Cl)nc32)[C@@H](F)[C@@H]1O. The maximum absolute atomic E-state index is 14.2. The van der Waals surface area contributed by atoms with Crippen LogP contribution >= 0.6 is 23.2 Å². The van der Waals surface area contributed by atoms with Crippen molar-refractivity contribution in [2.75, 3.05) is 11.5 Å². The minimum absolute atomic E-state index is 0.0576. The van der Waals surface area contributed by atoms with Gasteiger partial charge in [0.25, 0.3) is 11.1 Å². The van der Waals surface area contributed by atoms with Crippen LogP contribution in [0.4, 0.5) is 20.4 Å². The van der Waals surface area contributed by atoms with Crippen molar-refractivity contribution in [3.8, 4) is 0 Å². The third kappa shape index (κ3) is 9.94. The third-order valence-electron chi connectivity index (χ3n) is 13.8. The van der Waals surface area contributed by atoms with Crippen LogP contribution in [-0.2, 0) is 9.47 Å². The molecule has 0 unspecified atom stereocenters. The van der Waals surface area contributed by atoms with Gasteiger partial charge in [0.15, 0.2) is 47.7 Å². The summed E-state index contributed by atoms with van der Waals surface area (Å²) in [5.74, 6) is 0.218. The average Bonchev–Trinajstić information content (AvgIpc) is 4.31. The molecule has 0 bridgehead atoms. The van der Waals surface area contributed by atoms with Gasteiger partial charge in [-0.1, -0.05) is 13.8 Å². The first-order chi connectivity index (χ1) is 36.2. The van der Waals surface area contributed by atoms with Crippen LogP contribution in [0, 0.1) is 0 Å². The molecule has 0 aromatic carbocycles. The third-order valence-corrected chi connectivity index (χ3v) is 14.1. The highest BCUT2D eigenvalue weighted by molar-refractivity contribution is 6.29. The Balaban J connectivity index is 0.000000124. The van der Waals surface area contributed by atoms with E-state index in [2.05, 4.69) is 70.4 Å². The highest BCUT2D eigenvalue weighted by atomic mass is 35.5. The van der Waals surface area contributed by atoms with Gasteiger partial charge in [0.2, 0.25) is 10.6 Å². The quantitative estimate of drug-likeness (QED) is 0.0985. The zero-order chi connectivity index (χ0) is 54.6. The van der Waals surface area contributed by atoms with Gasteiger partial charge in [-0.15, -0.1) is 0 Å². The van der Waals surface area contributed by atoms with E-state index in [9.17, 15) is 49.0 Å². The van der Waals surface area contributed by atoms with Gasteiger partial charge in [-0.2, -0.15) is 19.9 Å². The summed E-state index contributed by atoms with van der Waals surface area (Å²) in [5.41, 5.74) is 15.2. The van der Waals surface area contributed by atoms with E-state index in [1.165, 1.54) is 34.4 Å². The number of alkyl halides is 2. The number of fused-ring (bicyclic) bond motifs is 4. The van der Waals surface area contributed by atoms with Crippen molar-refractivity contribution in [2.45, 2.75) is 138 Å². The highest BCUT2D eigenvalue weighted by Crippen LogP contribution is 2.37. The van der Waals surface area contributed by atoms with Gasteiger partial charge < -0.3 is 82.1 Å². The van der Waals surface area contributed by atoms with Gasteiger partial charge in [-0.25, -0.2) is 28.7 Å². The monoisotopic (exact) mass is 1100 g/mol. The molecule has 76 heavy (non-hydrogen) atoms. The maximum Gasteiger partial charge on any atom is 0.275 e. The minimum atomic E-state index is -1.58. The number of aliphatic hydroxyl groups is 6. The topological polar surface area (TPSA) is 426 Å². The zero-order valence-corrected chi connectivity index (χ0v) is 42.1. The Hall–Kier alpha value is -6.42. The molecule has 32 heteroatoms. The standard InChI is InChI=1S/C12H16N4O3.C11H13ClFN5O2.C11H14N4O3.C10H11ClFN5O2/c1-2-6-10(17)11(18)8(16-6)5-3-13-9-7(5)14-4-15-12(9)19;1-2-4-7(19)5(13)10(20-4)18-3-15-6-8(14)16-11(12)17-9(6)18;1-4-9(16)10(17)7(15-4)5-2-12-8-6(5)13-3-14-11(8)18;1-3-6(18)4(12)9(19-3)17-2-14-5-7(13)15-10(11)16-8(5)17/h3-4,6,8,10-11,13,16-18H,2H2,1H3,(H,14,15,19);3-5,7,10,19H,2H2,1H3,(H2,14,16,17);2-4,7,9-10,12,15-17H,1H3,(H,13,14,18);2-4,6,9,18H,1H3,(H2,13,15,16)/t6-,8+,10-,11+;4-,5+,7-,10-;4-,7+,9-,10+;3-,4+,6-,9-/m1111/s1. The Kier molecular flexibility index (Phi) is 15.7. The molecule has 16 atom stereocenters. The predicted molar refractivity (Wildman–Crippen MR) is 268 cm³/mol. The molecular weight excluding hydrogens is 1050 g/mol. The number of aromatic nitrogens is 14. The summed E-state index contributed by atoms with van der Waals surface area (Å²) >= 11 is 11.5. The molecule has 12 rings (SSSR count). The van der Waals surface area contributed by atoms with E-state index >= 15 is 0 Å². The van der Waals surface area contributed by atoms with E-state index in [1.807, 2.05) is 13.8 Å². The molecule has 4 fully saturated rings. The van der Waals surface area contributed by atoms with Crippen LogP contribution in [-0.4, -0.2) is 173 Å². The Morgan fingerprint density at radius 1 is 0.605 bits per heavy atom. The lowest BCUT2D eigenvalue weighted by Crippen LogP contribution is -2.31. The van der Waals surface area contributed by atoms with Crippen LogP contribution in [0.2, 0.25) is 10.6 Å². The molecule has 12 heterocycles. The number of hydrogen-bond acceptors (Lipinski definition) is 22. The molecule has 8 aromatic rings. The van der Waals surface area contributed by atoms with Crippen molar-refractivity contribution in [1.82, 2.24) is 79.6 Å². The molecule has 0 saturated carbocycles. The smallest absolute Gasteiger partial charge is 0.275 e. The normalized spacial score (nSPS) is 31.1.